The Morgan fingerprint density at radius 3 is 2.82 bits per heavy atom. The number of anilines is 3. The summed E-state index contributed by atoms with van der Waals surface area (Å²) in [4.78, 5) is 4.43. The highest BCUT2D eigenvalue weighted by Crippen LogP contribution is 2.26. The fourth-order valence-corrected chi connectivity index (χ4v) is 2.11. The van der Waals surface area contributed by atoms with Gasteiger partial charge in [-0.25, -0.2) is 0 Å². The molecule has 0 spiro atoms. The fraction of sp³-hybridized carbons (Fsp3) is 0.438. The molecule has 6 nitrogen and oxygen atoms in total. The van der Waals surface area contributed by atoms with E-state index in [1.54, 1.807) is 13.3 Å². The lowest BCUT2D eigenvalue weighted by atomic mass is 10.0. The number of ether oxygens (including phenoxy) is 1. The minimum Gasteiger partial charge on any atom is -0.385 e. The van der Waals surface area contributed by atoms with E-state index in [0.717, 1.165) is 18.7 Å². The van der Waals surface area contributed by atoms with E-state index in [2.05, 4.69) is 45.7 Å². The lowest BCUT2D eigenvalue weighted by Crippen LogP contribution is -2.09. The maximum Gasteiger partial charge on any atom is 0.244 e. The number of hydrogen-bond acceptors (Lipinski definition) is 6. The molecule has 0 radical (unpaired) electrons. The van der Waals surface area contributed by atoms with Crippen molar-refractivity contribution in [2.45, 2.75) is 26.2 Å². The van der Waals surface area contributed by atoms with E-state index >= 15 is 0 Å². The highest BCUT2D eigenvalue weighted by Gasteiger charge is 2.07. The van der Waals surface area contributed by atoms with Crippen molar-refractivity contribution in [1.82, 2.24) is 15.2 Å². The minimum atomic E-state index is 0.435. The fourth-order valence-electron chi connectivity index (χ4n) is 2.11. The molecule has 1 aromatic carbocycles. The number of methoxy groups -OCH3 is 1. The molecule has 0 bridgehead atoms. The Kier molecular flexibility index (Phi) is 6.09. The zero-order valence-corrected chi connectivity index (χ0v) is 13.3. The van der Waals surface area contributed by atoms with Gasteiger partial charge in [0.2, 0.25) is 5.95 Å². The average Bonchev–Trinajstić information content (AvgIpc) is 2.52. The smallest absolute Gasteiger partial charge is 0.244 e. The molecule has 2 N–H and O–H groups in total. The van der Waals surface area contributed by atoms with E-state index < -0.39 is 0 Å². The molecule has 0 saturated carbocycles. The number of nitrogens with one attached hydrogen (secondary N) is 2. The summed E-state index contributed by atoms with van der Waals surface area (Å²) in [7, 11) is 1.69. The predicted octanol–water partition coefficient (Wildman–Crippen LogP) is 3.19. The molecule has 0 fully saturated rings. The van der Waals surface area contributed by atoms with Crippen molar-refractivity contribution in [2.75, 3.05) is 30.9 Å². The number of para-hydroxylation sites is 1. The summed E-state index contributed by atoms with van der Waals surface area (Å²) in [5.74, 6) is 1.63. The molecule has 0 aliphatic rings. The van der Waals surface area contributed by atoms with Crippen LogP contribution in [-0.2, 0) is 4.74 Å². The lowest BCUT2D eigenvalue weighted by Gasteiger charge is -2.14. The third kappa shape index (κ3) is 4.66. The average molecular weight is 301 g/mol. The Bertz CT molecular complexity index is 588. The third-order valence-electron chi connectivity index (χ3n) is 3.21. The van der Waals surface area contributed by atoms with Gasteiger partial charge in [0.05, 0.1) is 6.20 Å². The van der Waals surface area contributed by atoms with Gasteiger partial charge in [0.15, 0.2) is 5.82 Å². The van der Waals surface area contributed by atoms with Gasteiger partial charge >= 0.3 is 0 Å². The van der Waals surface area contributed by atoms with Gasteiger partial charge in [-0.05, 0) is 24.0 Å². The van der Waals surface area contributed by atoms with Crippen molar-refractivity contribution < 1.29 is 4.74 Å². The van der Waals surface area contributed by atoms with E-state index in [1.807, 2.05) is 18.2 Å². The summed E-state index contributed by atoms with van der Waals surface area (Å²) in [5.41, 5.74) is 2.29. The van der Waals surface area contributed by atoms with Crippen molar-refractivity contribution in [2.24, 2.45) is 0 Å². The zero-order chi connectivity index (χ0) is 15.8. The van der Waals surface area contributed by atoms with Gasteiger partial charge in [0.1, 0.15) is 0 Å². The number of hydrogen-bond donors (Lipinski definition) is 2. The van der Waals surface area contributed by atoms with Crippen LogP contribution in [0, 0.1) is 0 Å². The maximum absolute atomic E-state index is 5.01. The highest BCUT2D eigenvalue weighted by molar-refractivity contribution is 5.61. The second-order valence-electron chi connectivity index (χ2n) is 5.31. The maximum atomic E-state index is 5.01. The molecule has 0 amide bonds. The molecule has 1 heterocycles. The van der Waals surface area contributed by atoms with E-state index in [-0.39, 0.29) is 0 Å². The Balaban J connectivity index is 2.04. The summed E-state index contributed by atoms with van der Waals surface area (Å²) in [6, 6.07) is 8.21. The van der Waals surface area contributed by atoms with Gasteiger partial charge in [0, 0.05) is 25.9 Å². The Morgan fingerprint density at radius 1 is 1.23 bits per heavy atom. The van der Waals surface area contributed by atoms with Crippen molar-refractivity contribution in [3.05, 3.63) is 36.0 Å². The second-order valence-corrected chi connectivity index (χ2v) is 5.31. The molecular weight excluding hydrogens is 278 g/mol. The van der Waals surface area contributed by atoms with Crippen LogP contribution < -0.4 is 10.6 Å². The molecule has 118 valence electrons. The van der Waals surface area contributed by atoms with Crippen LogP contribution in [0.25, 0.3) is 0 Å². The minimum absolute atomic E-state index is 0.435. The molecule has 0 aliphatic heterocycles. The number of nitrogens with zero attached hydrogens (tertiary/aromatic N) is 3. The van der Waals surface area contributed by atoms with Crippen LogP contribution in [0.15, 0.2) is 30.5 Å². The molecule has 22 heavy (non-hydrogen) atoms. The molecule has 2 aromatic rings. The normalized spacial score (nSPS) is 10.7. The molecule has 0 unspecified atom stereocenters. The molecular formula is C16H23N5O. The lowest BCUT2D eigenvalue weighted by molar-refractivity contribution is 0.197. The van der Waals surface area contributed by atoms with Gasteiger partial charge in [-0.1, -0.05) is 32.0 Å². The van der Waals surface area contributed by atoms with Crippen LogP contribution in [0.4, 0.5) is 17.5 Å². The first kappa shape index (κ1) is 16.2. The van der Waals surface area contributed by atoms with Crippen LogP contribution in [0.3, 0.4) is 0 Å². The first-order chi connectivity index (χ1) is 10.7. The van der Waals surface area contributed by atoms with Crippen LogP contribution >= 0.6 is 0 Å². The first-order valence-corrected chi connectivity index (χ1v) is 7.49. The second kappa shape index (κ2) is 8.29. The number of benzene rings is 1. The molecule has 2 rings (SSSR count). The number of rotatable bonds is 8. The molecule has 0 saturated heterocycles. The molecule has 6 heteroatoms. The van der Waals surface area contributed by atoms with Crippen LogP contribution in [-0.4, -0.2) is 35.4 Å². The summed E-state index contributed by atoms with van der Waals surface area (Å²) < 4.78 is 5.01. The third-order valence-corrected chi connectivity index (χ3v) is 3.21. The van der Waals surface area contributed by atoms with Crippen LogP contribution in [0.2, 0.25) is 0 Å². The monoisotopic (exact) mass is 301 g/mol. The SMILES string of the molecule is COCCCNc1nncc(Nc2ccccc2C(C)C)n1. The Hall–Kier alpha value is -2.21. The Labute approximate surface area is 131 Å². The van der Waals surface area contributed by atoms with E-state index in [0.29, 0.717) is 24.3 Å². The van der Waals surface area contributed by atoms with Crippen molar-refractivity contribution in [3.63, 3.8) is 0 Å². The van der Waals surface area contributed by atoms with E-state index in [9.17, 15) is 0 Å². The Morgan fingerprint density at radius 2 is 2.05 bits per heavy atom. The highest BCUT2D eigenvalue weighted by atomic mass is 16.5. The summed E-state index contributed by atoms with van der Waals surface area (Å²) in [6.07, 6.45) is 2.52. The van der Waals surface area contributed by atoms with Crippen LogP contribution in [0.5, 0.6) is 0 Å². The molecule has 0 atom stereocenters. The van der Waals surface area contributed by atoms with Gasteiger partial charge in [-0.2, -0.15) is 10.1 Å². The summed E-state index contributed by atoms with van der Waals surface area (Å²) in [5, 5.41) is 14.4. The molecule has 0 aliphatic carbocycles. The van der Waals surface area contributed by atoms with Crippen molar-refractivity contribution >= 4 is 17.5 Å². The summed E-state index contributed by atoms with van der Waals surface area (Å²) in [6.45, 7) is 5.80. The van der Waals surface area contributed by atoms with Crippen molar-refractivity contribution in [1.29, 1.82) is 0 Å². The van der Waals surface area contributed by atoms with Gasteiger partial charge < -0.3 is 15.4 Å². The molecule has 1 aromatic heterocycles. The first-order valence-electron chi connectivity index (χ1n) is 7.49. The topological polar surface area (TPSA) is 72.0 Å². The quantitative estimate of drug-likeness (QED) is 0.730. The van der Waals surface area contributed by atoms with Gasteiger partial charge in [-0.3, -0.25) is 0 Å². The van der Waals surface area contributed by atoms with E-state index in [4.69, 9.17) is 4.74 Å². The van der Waals surface area contributed by atoms with Crippen LogP contribution in [0.1, 0.15) is 31.7 Å². The summed E-state index contributed by atoms with van der Waals surface area (Å²) >= 11 is 0. The van der Waals surface area contributed by atoms with Gasteiger partial charge in [-0.15, -0.1) is 5.10 Å². The van der Waals surface area contributed by atoms with Gasteiger partial charge in [0.25, 0.3) is 0 Å². The largest absolute Gasteiger partial charge is 0.385 e. The number of aromatic nitrogens is 3. The van der Waals surface area contributed by atoms with Crippen molar-refractivity contribution in [3.8, 4) is 0 Å². The van der Waals surface area contributed by atoms with E-state index in [1.165, 1.54) is 5.56 Å². The zero-order valence-electron chi connectivity index (χ0n) is 13.3. The predicted molar refractivity (Wildman–Crippen MR) is 88.6 cm³/mol. The standard InChI is InChI=1S/C16H23N5O/c1-12(2)13-7-4-5-8-14(13)19-15-11-18-21-16(20-15)17-9-6-10-22-3/h4-5,7-8,11-12H,6,9-10H2,1-3H3,(H2,17,19,20,21).